The van der Waals surface area contributed by atoms with E-state index in [0.717, 1.165) is 29.3 Å². The third kappa shape index (κ3) is 3.62. The summed E-state index contributed by atoms with van der Waals surface area (Å²) in [6.45, 7) is 1.79. The SMILES string of the molecule is CC(C(=O)NC(=O)NC1CC1)N(C)c1ccc2ccccc2c1. The summed E-state index contributed by atoms with van der Waals surface area (Å²) in [7, 11) is 1.85. The molecule has 2 aromatic rings. The molecule has 1 saturated carbocycles. The Morgan fingerprint density at radius 3 is 2.52 bits per heavy atom. The Labute approximate surface area is 135 Å². The van der Waals surface area contributed by atoms with E-state index in [-0.39, 0.29) is 11.9 Å². The number of rotatable bonds is 4. The second kappa shape index (κ2) is 6.28. The number of hydrogen-bond acceptors (Lipinski definition) is 3. The molecule has 1 unspecified atom stereocenters. The van der Waals surface area contributed by atoms with E-state index in [1.54, 1.807) is 6.92 Å². The third-order valence-electron chi connectivity index (χ3n) is 4.25. The first-order valence-electron chi connectivity index (χ1n) is 7.87. The van der Waals surface area contributed by atoms with Crippen LogP contribution in [0.2, 0.25) is 0 Å². The Kier molecular flexibility index (Phi) is 4.19. The molecule has 5 nitrogen and oxygen atoms in total. The molecule has 0 heterocycles. The summed E-state index contributed by atoms with van der Waals surface area (Å²) in [6, 6.07) is 13.5. The summed E-state index contributed by atoms with van der Waals surface area (Å²) < 4.78 is 0. The molecule has 3 rings (SSSR count). The van der Waals surface area contributed by atoms with Crippen molar-refractivity contribution in [1.82, 2.24) is 10.6 Å². The van der Waals surface area contributed by atoms with Crippen LogP contribution in [0.4, 0.5) is 10.5 Å². The van der Waals surface area contributed by atoms with Gasteiger partial charge in [0.1, 0.15) is 6.04 Å². The number of benzene rings is 2. The average Bonchev–Trinajstić information content (AvgIpc) is 3.36. The first-order valence-corrected chi connectivity index (χ1v) is 7.87. The van der Waals surface area contributed by atoms with Gasteiger partial charge in [-0.15, -0.1) is 0 Å². The summed E-state index contributed by atoms with van der Waals surface area (Å²) in [6.07, 6.45) is 1.99. The fraction of sp³-hybridized carbons (Fsp3) is 0.333. The van der Waals surface area contributed by atoms with Crippen molar-refractivity contribution in [3.63, 3.8) is 0 Å². The Morgan fingerprint density at radius 1 is 1.13 bits per heavy atom. The zero-order valence-corrected chi connectivity index (χ0v) is 13.4. The minimum absolute atomic E-state index is 0.233. The molecule has 5 heteroatoms. The van der Waals surface area contributed by atoms with Gasteiger partial charge in [0.05, 0.1) is 0 Å². The molecule has 0 saturated heterocycles. The van der Waals surface area contributed by atoms with E-state index < -0.39 is 12.1 Å². The van der Waals surface area contributed by atoms with Gasteiger partial charge in [-0.25, -0.2) is 4.79 Å². The highest BCUT2D eigenvalue weighted by molar-refractivity contribution is 5.98. The van der Waals surface area contributed by atoms with Gasteiger partial charge in [-0.3, -0.25) is 10.1 Å². The van der Waals surface area contributed by atoms with Gasteiger partial charge in [0, 0.05) is 18.8 Å². The number of nitrogens with one attached hydrogen (secondary N) is 2. The van der Waals surface area contributed by atoms with Crippen molar-refractivity contribution < 1.29 is 9.59 Å². The van der Waals surface area contributed by atoms with E-state index in [1.165, 1.54) is 0 Å². The molecule has 1 fully saturated rings. The number of amides is 3. The minimum atomic E-state index is -0.443. The largest absolute Gasteiger partial charge is 0.363 e. The molecule has 3 amide bonds. The smallest absolute Gasteiger partial charge is 0.321 e. The summed E-state index contributed by atoms with van der Waals surface area (Å²) in [4.78, 5) is 25.8. The van der Waals surface area contributed by atoms with Gasteiger partial charge in [0.2, 0.25) is 5.91 Å². The summed E-state index contributed by atoms with van der Waals surface area (Å²) in [5.74, 6) is -0.307. The van der Waals surface area contributed by atoms with E-state index in [0.29, 0.717) is 0 Å². The highest BCUT2D eigenvalue weighted by atomic mass is 16.2. The Morgan fingerprint density at radius 2 is 1.83 bits per heavy atom. The predicted octanol–water partition coefficient (Wildman–Crippen LogP) is 2.65. The molecule has 0 spiro atoms. The fourth-order valence-corrected chi connectivity index (χ4v) is 2.46. The molecule has 0 bridgehead atoms. The maximum absolute atomic E-state index is 12.2. The van der Waals surface area contributed by atoms with Crippen molar-refractivity contribution >= 4 is 28.4 Å². The molecule has 120 valence electrons. The monoisotopic (exact) mass is 311 g/mol. The van der Waals surface area contributed by atoms with Crippen LogP contribution in [0.15, 0.2) is 42.5 Å². The standard InChI is InChI=1S/C18H21N3O2/c1-12(17(22)20-18(23)19-15-8-9-15)21(2)16-10-7-13-5-3-4-6-14(13)11-16/h3-7,10-12,15H,8-9H2,1-2H3,(H2,19,20,22,23). The number of carbonyl (C=O) groups excluding carboxylic acids is 2. The van der Waals surface area contributed by atoms with Gasteiger partial charge < -0.3 is 10.2 Å². The Bertz CT molecular complexity index is 740. The first-order chi connectivity index (χ1) is 11.0. The lowest BCUT2D eigenvalue weighted by molar-refractivity contribution is -0.120. The molecule has 1 aliphatic rings. The molecule has 0 aromatic heterocycles. The maximum atomic E-state index is 12.2. The van der Waals surface area contributed by atoms with Crippen molar-refractivity contribution in [1.29, 1.82) is 0 Å². The number of fused-ring (bicyclic) bond motifs is 1. The van der Waals surface area contributed by atoms with Crippen molar-refractivity contribution in [3.8, 4) is 0 Å². The molecule has 2 N–H and O–H groups in total. The van der Waals surface area contributed by atoms with Crippen LogP contribution < -0.4 is 15.5 Å². The van der Waals surface area contributed by atoms with Crippen molar-refractivity contribution in [2.24, 2.45) is 0 Å². The number of imide groups is 1. The van der Waals surface area contributed by atoms with Crippen LogP contribution in [0.1, 0.15) is 19.8 Å². The average molecular weight is 311 g/mol. The van der Waals surface area contributed by atoms with Crippen LogP contribution >= 0.6 is 0 Å². The molecular formula is C18H21N3O2. The van der Waals surface area contributed by atoms with Crippen LogP contribution in [-0.2, 0) is 4.79 Å². The van der Waals surface area contributed by atoms with Gasteiger partial charge in [-0.1, -0.05) is 30.3 Å². The van der Waals surface area contributed by atoms with Gasteiger partial charge >= 0.3 is 6.03 Å². The lowest BCUT2D eigenvalue weighted by atomic mass is 10.1. The minimum Gasteiger partial charge on any atom is -0.363 e. The zero-order chi connectivity index (χ0) is 16.4. The second-order valence-electron chi connectivity index (χ2n) is 6.06. The molecule has 23 heavy (non-hydrogen) atoms. The number of urea groups is 1. The molecular weight excluding hydrogens is 290 g/mol. The number of anilines is 1. The van der Waals surface area contributed by atoms with Crippen LogP contribution in [0.25, 0.3) is 10.8 Å². The van der Waals surface area contributed by atoms with Crippen LogP contribution in [0.5, 0.6) is 0 Å². The van der Waals surface area contributed by atoms with E-state index in [2.05, 4.69) is 16.7 Å². The Hall–Kier alpha value is -2.56. The molecule has 2 aromatic carbocycles. The van der Waals surface area contributed by atoms with Crippen LogP contribution in [0.3, 0.4) is 0 Å². The summed E-state index contributed by atoms with van der Waals surface area (Å²) >= 11 is 0. The van der Waals surface area contributed by atoms with E-state index >= 15 is 0 Å². The molecule has 0 aliphatic heterocycles. The van der Waals surface area contributed by atoms with E-state index in [9.17, 15) is 9.59 Å². The molecule has 0 radical (unpaired) electrons. The Balaban J connectivity index is 1.68. The normalized spacial score (nSPS) is 15.0. The molecule has 1 atom stereocenters. The highest BCUT2D eigenvalue weighted by Crippen LogP contribution is 2.22. The summed E-state index contributed by atoms with van der Waals surface area (Å²) in [5.41, 5.74) is 0.939. The molecule has 1 aliphatic carbocycles. The topological polar surface area (TPSA) is 61.4 Å². The van der Waals surface area contributed by atoms with Crippen molar-refractivity contribution in [2.45, 2.75) is 31.8 Å². The van der Waals surface area contributed by atoms with Gasteiger partial charge in [-0.05, 0) is 42.7 Å². The highest BCUT2D eigenvalue weighted by Gasteiger charge is 2.26. The number of likely N-dealkylation sites (N-methyl/N-ethyl adjacent to an activating group) is 1. The van der Waals surface area contributed by atoms with Gasteiger partial charge in [0.15, 0.2) is 0 Å². The fourth-order valence-electron chi connectivity index (χ4n) is 2.46. The number of hydrogen-bond donors (Lipinski definition) is 2. The predicted molar refractivity (Wildman–Crippen MR) is 91.5 cm³/mol. The number of carbonyl (C=O) groups is 2. The maximum Gasteiger partial charge on any atom is 0.321 e. The van der Waals surface area contributed by atoms with Crippen molar-refractivity contribution in [3.05, 3.63) is 42.5 Å². The van der Waals surface area contributed by atoms with Crippen LogP contribution in [0, 0.1) is 0 Å². The zero-order valence-electron chi connectivity index (χ0n) is 13.4. The van der Waals surface area contributed by atoms with Gasteiger partial charge in [0.25, 0.3) is 0 Å². The summed E-state index contributed by atoms with van der Waals surface area (Å²) in [5, 5.41) is 7.44. The van der Waals surface area contributed by atoms with E-state index in [1.807, 2.05) is 48.3 Å². The van der Waals surface area contributed by atoms with Crippen LogP contribution in [-0.4, -0.2) is 31.1 Å². The van der Waals surface area contributed by atoms with Crippen molar-refractivity contribution in [2.75, 3.05) is 11.9 Å². The number of nitrogens with zero attached hydrogens (tertiary/aromatic N) is 1. The second-order valence-corrected chi connectivity index (χ2v) is 6.06. The first kappa shape index (κ1) is 15.3. The lowest BCUT2D eigenvalue weighted by Gasteiger charge is -2.26. The lowest BCUT2D eigenvalue weighted by Crippen LogP contribution is -2.49. The third-order valence-corrected chi connectivity index (χ3v) is 4.25. The van der Waals surface area contributed by atoms with E-state index in [4.69, 9.17) is 0 Å². The quantitative estimate of drug-likeness (QED) is 0.912. The van der Waals surface area contributed by atoms with Gasteiger partial charge in [-0.2, -0.15) is 0 Å².